The van der Waals surface area contributed by atoms with Crippen molar-refractivity contribution in [2.24, 2.45) is 4.99 Å². The highest BCUT2D eigenvalue weighted by molar-refractivity contribution is 5.98. The molecule has 0 amide bonds. The van der Waals surface area contributed by atoms with Gasteiger partial charge in [-0.1, -0.05) is 12.1 Å². The smallest absolute Gasteiger partial charge is 0.211 e. The Bertz CT molecular complexity index is 983. The van der Waals surface area contributed by atoms with Gasteiger partial charge in [0.15, 0.2) is 6.19 Å². The molecule has 0 saturated heterocycles. The number of halogens is 1. The molecule has 1 aromatic carbocycles. The Labute approximate surface area is 142 Å². The Morgan fingerprint density at radius 2 is 2.08 bits per heavy atom. The monoisotopic (exact) mass is 336 g/mol. The standard InChI is InChI=1S/C16H13FN8/c1-7-8(3-2-4-10(7)17)13-11-12(20)9(5-18)14(21)24-15(11)25-16(23-13)22-6-19/h2-4,13H,1H3,(H6,20,21,22,23,24,25). The van der Waals surface area contributed by atoms with Gasteiger partial charge in [0, 0.05) is 5.56 Å². The molecule has 0 spiro atoms. The number of nitrogens with two attached hydrogens (primary N) is 2. The zero-order chi connectivity index (χ0) is 18.1. The second-order valence-electron chi connectivity index (χ2n) is 5.36. The van der Waals surface area contributed by atoms with E-state index >= 15 is 0 Å². The number of pyridine rings is 1. The third-order valence-electron chi connectivity index (χ3n) is 3.96. The summed E-state index contributed by atoms with van der Waals surface area (Å²) in [7, 11) is 0. The van der Waals surface area contributed by atoms with Crippen molar-refractivity contribution in [2.75, 3.05) is 16.8 Å². The normalized spacial score (nSPS) is 15.2. The summed E-state index contributed by atoms with van der Waals surface area (Å²) in [6.07, 6.45) is 1.76. The predicted molar refractivity (Wildman–Crippen MR) is 90.6 cm³/mol. The molecule has 2 heterocycles. The first-order valence-electron chi connectivity index (χ1n) is 7.21. The molecule has 0 bridgehead atoms. The van der Waals surface area contributed by atoms with Crippen LogP contribution in [0, 0.1) is 35.5 Å². The minimum Gasteiger partial charge on any atom is -0.397 e. The van der Waals surface area contributed by atoms with Crippen LogP contribution < -0.4 is 22.1 Å². The van der Waals surface area contributed by atoms with Crippen molar-refractivity contribution < 1.29 is 4.39 Å². The van der Waals surface area contributed by atoms with E-state index in [2.05, 4.69) is 20.6 Å². The maximum Gasteiger partial charge on any atom is 0.211 e. The molecule has 9 heteroatoms. The van der Waals surface area contributed by atoms with E-state index in [9.17, 15) is 9.65 Å². The second kappa shape index (κ2) is 5.98. The SMILES string of the molecule is Cc1c(F)cccc1C1N=C(NC#N)Nc2nc(N)c(C#N)c(N)c21. The summed E-state index contributed by atoms with van der Waals surface area (Å²) >= 11 is 0. The van der Waals surface area contributed by atoms with E-state index in [0.717, 1.165) is 0 Å². The van der Waals surface area contributed by atoms with Gasteiger partial charge in [0.2, 0.25) is 5.96 Å². The Balaban J connectivity index is 2.30. The number of hydrogen-bond donors (Lipinski definition) is 4. The number of rotatable bonds is 1. The number of nitrogen functional groups attached to an aromatic ring is 2. The number of aliphatic imine (C=N–C) groups is 1. The van der Waals surface area contributed by atoms with Crippen LogP contribution in [0.15, 0.2) is 23.2 Å². The van der Waals surface area contributed by atoms with Crippen molar-refractivity contribution in [3.8, 4) is 12.3 Å². The van der Waals surface area contributed by atoms with Crippen LogP contribution in [0.5, 0.6) is 0 Å². The zero-order valence-electron chi connectivity index (χ0n) is 13.1. The molecule has 1 unspecified atom stereocenters. The number of nitriles is 2. The quantitative estimate of drug-likeness (QED) is 0.455. The molecular weight excluding hydrogens is 323 g/mol. The van der Waals surface area contributed by atoms with Crippen molar-refractivity contribution >= 4 is 23.3 Å². The Morgan fingerprint density at radius 3 is 2.76 bits per heavy atom. The van der Waals surface area contributed by atoms with Crippen LogP contribution in [0.2, 0.25) is 0 Å². The first-order valence-corrected chi connectivity index (χ1v) is 7.21. The van der Waals surface area contributed by atoms with Gasteiger partial charge in [-0.2, -0.15) is 10.5 Å². The Morgan fingerprint density at radius 1 is 1.32 bits per heavy atom. The topological polar surface area (TPSA) is 149 Å². The van der Waals surface area contributed by atoms with Crippen molar-refractivity contribution in [3.05, 3.63) is 46.3 Å². The Kier molecular flexibility index (Phi) is 3.83. The molecule has 1 aliphatic rings. The molecule has 6 N–H and O–H groups in total. The molecule has 2 aromatic rings. The summed E-state index contributed by atoms with van der Waals surface area (Å²) in [6.45, 7) is 1.62. The highest BCUT2D eigenvalue weighted by Crippen LogP contribution is 2.41. The number of nitrogens with zero attached hydrogens (tertiary/aromatic N) is 4. The molecule has 0 radical (unpaired) electrons. The maximum absolute atomic E-state index is 14.0. The molecule has 1 atom stereocenters. The fraction of sp³-hybridized carbons (Fsp3) is 0.125. The number of benzene rings is 1. The highest BCUT2D eigenvalue weighted by Gasteiger charge is 2.30. The second-order valence-corrected chi connectivity index (χ2v) is 5.36. The van der Waals surface area contributed by atoms with E-state index < -0.39 is 11.9 Å². The lowest BCUT2D eigenvalue weighted by Crippen LogP contribution is -2.33. The summed E-state index contributed by atoms with van der Waals surface area (Å²) in [5.74, 6) is -0.0562. The average molecular weight is 336 g/mol. The summed E-state index contributed by atoms with van der Waals surface area (Å²) in [6, 6.07) is 5.76. The number of aromatic nitrogens is 1. The van der Waals surface area contributed by atoms with Crippen LogP contribution in [0.25, 0.3) is 0 Å². The molecule has 0 saturated carbocycles. The maximum atomic E-state index is 14.0. The van der Waals surface area contributed by atoms with Crippen LogP contribution >= 0.6 is 0 Å². The lowest BCUT2D eigenvalue weighted by atomic mass is 9.92. The molecule has 1 aromatic heterocycles. The van der Waals surface area contributed by atoms with Gasteiger partial charge in [-0.05, 0) is 24.1 Å². The molecule has 124 valence electrons. The van der Waals surface area contributed by atoms with Crippen LogP contribution in [-0.2, 0) is 0 Å². The van der Waals surface area contributed by atoms with Gasteiger partial charge in [0.25, 0.3) is 0 Å². The van der Waals surface area contributed by atoms with E-state index in [0.29, 0.717) is 16.7 Å². The van der Waals surface area contributed by atoms with Crippen molar-refractivity contribution in [3.63, 3.8) is 0 Å². The van der Waals surface area contributed by atoms with Gasteiger partial charge in [-0.15, -0.1) is 0 Å². The fourth-order valence-electron chi connectivity index (χ4n) is 2.73. The van der Waals surface area contributed by atoms with E-state index in [1.54, 1.807) is 25.2 Å². The lowest BCUT2D eigenvalue weighted by Gasteiger charge is -2.27. The molecule has 8 nitrogen and oxygen atoms in total. The first kappa shape index (κ1) is 16.0. The molecule has 25 heavy (non-hydrogen) atoms. The Hall–Kier alpha value is -3.85. The van der Waals surface area contributed by atoms with Crippen molar-refractivity contribution in [1.29, 1.82) is 10.5 Å². The summed E-state index contributed by atoms with van der Waals surface area (Å²) in [5, 5.41) is 23.3. The number of nitrogens with one attached hydrogen (secondary N) is 2. The van der Waals surface area contributed by atoms with Crippen LogP contribution in [0.3, 0.4) is 0 Å². The largest absolute Gasteiger partial charge is 0.397 e. The molecule has 0 aliphatic carbocycles. The van der Waals surface area contributed by atoms with Crippen LogP contribution in [0.4, 0.5) is 21.7 Å². The minimum absolute atomic E-state index is 0.0338. The van der Waals surface area contributed by atoms with Crippen LogP contribution in [0.1, 0.15) is 28.3 Å². The van der Waals surface area contributed by atoms with Gasteiger partial charge < -0.3 is 16.8 Å². The molecular formula is C16H13FN8. The summed E-state index contributed by atoms with van der Waals surface area (Å²) in [4.78, 5) is 8.53. The average Bonchev–Trinajstić information content (AvgIpc) is 2.57. The third kappa shape index (κ3) is 2.54. The van der Waals surface area contributed by atoms with E-state index in [1.165, 1.54) is 6.07 Å². The van der Waals surface area contributed by atoms with E-state index in [1.807, 2.05) is 6.07 Å². The lowest BCUT2D eigenvalue weighted by molar-refractivity contribution is 0.613. The zero-order valence-corrected chi connectivity index (χ0v) is 13.1. The van der Waals surface area contributed by atoms with Gasteiger partial charge in [-0.3, -0.25) is 5.32 Å². The van der Waals surface area contributed by atoms with Gasteiger partial charge in [0.1, 0.15) is 35.1 Å². The van der Waals surface area contributed by atoms with Gasteiger partial charge in [0.05, 0.1) is 5.69 Å². The highest BCUT2D eigenvalue weighted by atomic mass is 19.1. The third-order valence-corrected chi connectivity index (χ3v) is 3.96. The minimum atomic E-state index is -0.747. The van der Waals surface area contributed by atoms with Gasteiger partial charge in [-0.25, -0.2) is 14.4 Å². The summed E-state index contributed by atoms with van der Waals surface area (Å²) in [5.41, 5.74) is 13.4. The number of fused-ring (bicyclic) bond motifs is 1. The predicted octanol–water partition coefficient (Wildman–Crippen LogP) is 1.51. The van der Waals surface area contributed by atoms with Crippen molar-refractivity contribution in [1.82, 2.24) is 10.3 Å². The molecule has 1 aliphatic heterocycles. The van der Waals surface area contributed by atoms with Crippen molar-refractivity contribution in [2.45, 2.75) is 13.0 Å². The first-order chi connectivity index (χ1) is 12.0. The van der Waals surface area contributed by atoms with E-state index in [-0.39, 0.29) is 28.8 Å². The number of hydrogen-bond acceptors (Lipinski definition) is 8. The number of guanidine groups is 1. The van der Waals surface area contributed by atoms with E-state index in [4.69, 9.17) is 16.7 Å². The summed E-state index contributed by atoms with van der Waals surface area (Å²) < 4.78 is 14.0. The molecule has 0 fully saturated rings. The fourth-order valence-corrected chi connectivity index (χ4v) is 2.73. The number of anilines is 3. The van der Waals surface area contributed by atoms with Crippen LogP contribution in [-0.4, -0.2) is 10.9 Å². The molecule has 3 rings (SSSR count). The van der Waals surface area contributed by atoms with Gasteiger partial charge >= 0.3 is 0 Å².